The Hall–Kier alpha value is -2.78. The van der Waals surface area contributed by atoms with Crippen LogP contribution in [0.3, 0.4) is 0 Å². The van der Waals surface area contributed by atoms with Gasteiger partial charge in [0.1, 0.15) is 11.1 Å². The second-order valence-corrected chi connectivity index (χ2v) is 8.42. The Balaban J connectivity index is 1.65. The molecular formula is C24H28N2O3S. The quantitative estimate of drug-likeness (QED) is 0.412. The molecule has 0 spiro atoms. The topological polar surface area (TPSA) is 71.3 Å². The average Bonchev–Trinajstić information content (AvgIpc) is 3.12. The van der Waals surface area contributed by atoms with Crippen molar-refractivity contribution < 1.29 is 14.3 Å². The van der Waals surface area contributed by atoms with E-state index in [0.717, 1.165) is 56.1 Å². The van der Waals surface area contributed by atoms with Crippen LogP contribution in [-0.4, -0.2) is 19.6 Å². The molecule has 0 bridgehead atoms. The number of ether oxygens (including phenoxy) is 2. The molecule has 3 rings (SSSR count). The van der Waals surface area contributed by atoms with Gasteiger partial charge in [0.25, 0.3) is 0 Å². The van der Waals surface area contributed by atoms with Gasteiger partial charge < -0.3 is 14.8 Å². The number of nitriles is 1. The zero-order valence-electron chi connectivity index (χ0n) is 17.6. The van der Waals surface area contributed by atoms with Gasteiger partial charge in [-0.2, -0.15) is 5.26 Å². The van der Waals surface area contributed by atoms with E-state index in [1.807, 2.05) is 18.2 Å². The monoisotopic (exact) mass is 424 g/mol. The van der Waals surface area contributed by atoms with Gasteiger partial charge in [-0.25, -0.2) is 0 Å². The maximum atomic E-state index is 12.4. The smallest absolute Gasteiger partial charge is 0.249 e. The lowest BCUT2D eigenvalue weighted by Gasteiger charge is -2.11. The maximum absolute atomic E-state index is 12.4. The van der Waals surface area contributed by atoms with Crippen molar-refractivity contribution in [1.29, 1.82) is 5.26 Å². The van der Waals surface area contributed by atoms with Crippen LogP contribution in [0.25, 0.3) is 6.08 Å². The van der Waals surface area contributed by atoms with Crippen LogP contribution in [0.1, 0.15) is 60.6 Å². The fraction of sp³-hybridized carbons (Fsp3) is 0.417. The van der Waals surface area contributed by atoms with Crippen molar-refractivity contribution in [1.82, 2.24) is 0 Å². The Labute approximate surface area is 182 Å². The number of aryl methyl sites for hydroxylation is 1. The molecule has 1 N–H and O–H groups in total. The van der Waals surface area contributed by atoms with Crippen molar-refractivity contribution >= 4 is 28.3 Å². The molecule has 0 saturated heterocycles. The predicted molar refractivity (Wildman–Crippen MR) is 121 cm³/mol. The van der Waals surface area contributed by atoms with Crippen molar-refractivity contribution in [3.63, 3.8) is 0 Å². The predicted octanol–water partition coefficient (Wildman–Crippen LogP) is 5.73. The molecule has 6 heteroatoms. The molecule has 0 fully saturated rings. The third-order valence-electron chi connectivity index (χ3n) is 5.14. The molecule has 0 saturated carbocycles. The maximum Gasteiger partial charge on any atom is 0.249 e. The van der Waals surface area contributed by atoms with E-state index in [1.165, 1.54) is 22.3 Å². The minimum absolute atomic E-state index is 0.246. The SMILES string of the molecule is CCCCCOc1ccc(/C=C/C(=O)Nc2sc3c(c2C#N)CCCC3)cc1OC. The van der Waals surface area contributed by atoms with Crippen molar-refractivity contribution in [2.75, 3.05) is 19.0 Å². The van der Waals surface area contributed by atoms with E-state index in [4.69, 9.17) is 9.47 Å². The van der Waals surface area contributed by atoms with Crippen molar-refractivity contribution in [3.8, 4) is 17.6 Å². The first kappa shape index (κ1) is 21.9. The standard InChI is InChI=1S/C24H28N2O3S/c1-3-4-7-14-29-20-12-10-17(15-21(20)28-2)11-13-23(27)26-24-19(16-25)18-8-5-6-9-22(18)30-24/h10-13,15H,3-9,14H2,1-2H3,(H,26,27)/b13-11+. The van der Waals surface area contributed by atoms with E-state index in [2.05, 4.69) is 18.3 Å². The van der Waals surface area contributed by atoms with E-state index in [0.29, 0.717) is 28.7 Å². The van der Waals surface area contributed by atoms with Crippen LogP contribution in [0.5, 0.6) is 11.5 Å². The third-order valence-corrected chi connectivity index (χ3v) is 6.35. The minimum atomic E-state index is -0.246. The first-order valence-electron chi connectivity index (χ1n) is 10.5. The lowest BCUT2D eigenvalue weighted by Crippen LogP contribution is -2.08. The summed E-state index contributed by atoms with van der Waals surface area (Å²) < 4.78 is 11.2. The number of anilines is 1. The van der Waals surface area contributed by atoms with Crippen molar-refractivity contribution in [3.05, 3.63) is 45.8 Å². The molecule has 2 aromatic rings. The van der Waals surface area contributed by atoms with Gasteiger partial charge >= 0.3 is 0 Å². The Morgan fingerprint density at radius 2 is 2.10 bits per heavy atom. The van der Waals surface area contributed by atoms with Crippen LogP contribution in [0.15, 0.2) is 24.3 Å². The highest BCUT2D eigenvalue weighted by atomic mass is 32.1. The zero-order chi connectivity index (χ0) is 21.3. The number of thiophene rings is 1. The molecule has 1 amide bonds. The number of amides is 1. The number of rotatable bonds is 9. The number of nitrogens with one attached hydrogen (secondary N) is 1. The molecule has 158 valence electrons. The summed E-state index contributed by atoms with van der Waals surface area (Å²) in [6.07, 6.45) is 10.7. The van der Waals surface area contributed by atoms with E-state index < -0.39 is 0 Å². The van der Waals surface area contributed by atoms with Gasteiger partial charge in [-0.05, 0) is 61.4 Å². The lowest BCUT2D eigenvalue weighted by atomic mass is 9.96. The molecule has 1 aromatic heterocycles. The number of hydrogen-bond donors (Lipinski definition) is 1. The number of hydrogen-bond acceptors (Lipinski definition) is 5. The summed E-state index contributed by atoms with van der Waals surface area (Å²) >= 11 is 1.53. The summed E-state index contributed by atoms with van der Waals surface area (Å²) in [5.74, 6) is 1.11. The van der Waals surface area contributed by atoms with Gasteiger partial charge in [-0.1, -0.05) is 25.8 Å². The van der Waals surface area contributed by atoms with Crippen molar-refractivity contribution in [2.24, 2.45) is 0 Å². The molecule has 5 nitrogen and oxygen atoms in total. The van der Waals surface area contributed by atoms with E-state index in [1.54, 1.807) is 13.2 Å². The van der Waals surface area contributed by atoms with Gasteiger partial charge in [0.05, 0.1) is 19.3 Å². The van der Waals surface area contributed by atoms with Crippen LogP contribution in [-0.2, 0) is 17.6 Å². The summed E-state index contributed by atoms with van der Waals surface area (Å²) in [7, 11) is 1.61. The molecular weight excluding hydrogens is 396 g/mol. The van der Waals surface area contributed by atoms with Crippen LogP contribution in [0.2, 0.25) is 0 Å². The highest BCUT2D eigenvalue weighted by Crippen LogP contribution is 2.37. The highest BCUT2D eigenvalue weighted by Gasteiger charge is 2.21. The molecule has 0 aliphatic heterocycles. The van der Waals surface area contributed by atoms with E-state index >= 15 is 0 Å². The van der Waals surface area contributed by atoms with Gasteiger partial charge in [-0.15, -0.1) is 11.3 Å². The van der Waals surface area contributed by atoms with Gasteiger partial charge in [0.15, 0.2) is 11.5 Å². The molecule has 1 aliphatic carbocycles. The summed E-state index contributed by atoms with van der Waals surface area (Å²) in [6.45, 7) is 2.82. The van der Waals surface area contributed by atoms with Gasteiger partial charge in [0, 0.05) is 11.0 Å². The van der Waals surface area contributed by atoms with Crippen LogP contribution in [0.4, 0.5) is 5.00 Å². The highest BCUT2D eigenvalue weighted by molar-refractivity contribution is 7.16. The third kappa shape index (κ3) is 5.43. The Kier molecular flexibility index (Phi) is 7.92. The van der Waals surface area contributed by atoms with E-state index in [9.17, 15) is 10.1 Å². The first-order chi connectivity index (χ1) is 14.7. The number of fused-ring (bicyclic) bond motifs is 1. The average molecular weight is 425 g/mol. The largest absolute Gasteiger partial charge is 0.493 e. The Morgan fingerprint density at radius 3 is 2.87 bits per heavy atom. The van der Waals surface area contributed by atoms with E-state index in [-0.39, 0.29) is 5.91 Å². The summed E-state index contributed by atoms with van der Waals surface area (Å²) in [6, 6.07) is 7.88. The number of carbonyl (C=O) groups is 1. The second-order valence-electron chi connectivity index (χ2n) is 7.32. The molecule has 1 aliphatic rings. The fourth-order valence-corrected chi connectivity index (χ4v) is 4.78. The summed E-state index contributed by atoms with van der Waals surface area (Å²) in [5, 5.41) is 13.1. The Morgan fingerprint density at radius 1 is 1.27 bits per heavy atom. The summed E-state index contributed by atoms with van der Waals surface area (Å²) in [4.78, 5) is 13.7. The van der Waals surface area contributed by atoms with Gasteiger partial charge in [-0.3, -0.25) is 4.79 Å². The lowest BCUT2D eigenvalue weighted by molar-refractivity contribution is -0.111. The molecule has 0 unspecified atom stereocenters. The molecule has 30 heavy (non-hydrogen) atoms. The van der Waals surface area contributed by atoms with Gasteiger partial charge in [0.2, 0.25) is 5.91 Å². The Bertz CT molecular complexity index is 956. The number of carbonyl (C=O) groups excluding carboxylic acids is 1. The molecule has 1 aromatic carbocycles. The van der Waals surface area contributed by atoms with Crippen LogP contribution < -0.4 is 14.8 Å². The van der Waals surface area contributed by atoms with Crippen molar-refractivity contribution in [2.45, 2.75) is 51.9 Å². The number of methoxy groups -OCH3 is 1. The second kappa shape index (κ2) is 10.8. The fourth-order valence-electron chi connectivity index (χ4n) is 3.54. The minimum Gasteiger partial charge on any atom is -0.493 e. The number of nitrogens with zero attached hydrogens (tertiary/aromatic N) is 1. The number of unbranched alkanes of at least 4 members (excludes halogenated alkanes) is 2. The molecule has 1 heterocycles. The normalized spacial score (nSPS) is 13.0. The zero-order valence-corrected chi connectivity index (χ0v) is 18.4. The summed E-state index contributed by atoms with van der Waals surface area (Å²) in [5.41, 5.74) is 2.59. The number of benzene rings is 1. The molecule has 0 radical (unpaired) electrons. The first-order valence-corrected chi connectivity index (χ1v) is 11.3. The van der Waals surface area contributed by atoms with Crippen LogP contribution in [0, 0.1) is 11.3 Å². The molecule has 0 atom stereocenters. The van der Waals surface area contributed by atoms with Crippen LogP contribution >= 0.6 is 11.3 Å².